The largest absolute Gasteiger partial charge is 0.310 e. The smallest absolute Gasteiger partial charge is 0.0326 e. The average molecular weight is 238 g/mol. The summed E-state index contributed by atoms with van der Waals surface area (Å²) < 4.78 is 0. The van der Waals surface area contributed by atoms with E-state index in [-0.39, 0.29) is 0 Å². The maximum atomic E-state index is 4.14. The number of aryl methyl sites for hydroxylation is 1. The van der Waals surface area contributed by atoms with E-state index in [9.17, 15) is 0 Å². The number of aromatic nitrogens is 1. The lowest BCUT2D eigenvalue weighted by Crippen LogP contribution is -2.21. The highest BCUT2D eigenvalue weighted by Gasteiger charge is 2.20. The summed E-state index contributed by atoms with van der Waals surface area (Å²) in [4.78, 5) is 4.14. The Bertz CT molecular complexity index is 508. The number of hydrogen-bond acceptors (Lipinski definition) is 2. The molecule has 92 valence electrons. The zero-order chi connectivity index (χ0) is 12.2. The number of benzene rings is 1. The van der Waals surface area contributed by atoms with Crippen LogP contribution in [0.1, 0.15) is 29.2 Å². The molecule has 0 amide bonds. The van der Waals surface area contributed by atoms with E-state index in [1.807, 2.05) is 18.5 Å². The van der Waals surface area contributed by atoms with Gasteiger partial charge in [0.25, 0.3) is 0 Å². The zero-order valence-electron chi connectivity index (χ0n) is 10.5. The van der Waals surface area contributed by atoms with E-state index in [0.717, 1.165) is 13.0 Å². The molecule has 0 saturated heterocycles. The summed E-state index contributed by atoms with van der Waals surface area (Å²) in [6.45, 7) is 1.02. The van der Waals surface area contributed by atoms with Crippen molar-refractivity contribution >= 4 is 0 Å². The summed E-state index contributed by atoms with van der Waals surface area (Å²) in [5, 5.41) is 3.66. The molecule has 0 spiro atoms. The van der Waals surface area contributed by atoms with Gasteiger partial charge in [-0.25, -0.2) is 0 Å². The minimum Gasteiger partial charge on any atom is -0.310 e. The van der Waals surface area contributed by atoms with Crippen LogP contribution in [0.25, 0.3) is 0 Å². The molecule has 1 atom stereocenters. The summed E-state index contributed by atoms with van der Waals surface area (Å²) in [5.74, 6) is 0. The molecular formula is C16H18N2. The van der Waals surface area contributed by atoms with Gasteiger partial charge in [-0.3, -0.25) is 4.98 Å². The molecule has 2 heteroatoms. The van der Waals surface area contributed by atoms with Crippen LogP contribution >= 0.6 is 0 Å². The fourth-order valence-electron chi connectivity index (χ4n) is 2.71. The lowest BCUT2D eigenvalue weighted by molar-refractivity contribution is 0.533. The molecule has 1 N–H and O–H groups in total. The molecule has 1 aliphatic carbocycles. The predicted molar refractivity (Wildman–Crippen MR) is 73.4 cm³/mol. The van der Waals surface area contributed by atoms with Gasteiger partial charge >= 0.3 is 0 Å². The minimum atomic E-state index is 0.540. The first-order chi connectivity index (χ1) is 8.93. The van der Waals surface area contributed by atoms with Gasteiger partial charge in [-0.2, -0.15) is 0 Å². The number of pyridine rings is 1. The van der Waals surface area contributed by atoms with Crippen LogP contribution in [-0.2, 0) is 12.8 Å². The predicted octanol–water partition coefficient (Wildman–Crippen LogP) is 2.90. The summed E-state index contributed by atoms with van der Waals surface area (Å²) >= 11 is 0. The fraction of sp³-hybridized carbons (Fsp3) is 0.312. The summed E-state index contributed by atoms with van der Waals surface area (Å²) in [6.07, 6.45) is 7.26. The van der Waals surface area contributed by atoms with Crippen LogP contribution in [0.5, 0.6) is 0 Å². The van der Waals surface area contributed by atoms with Gasteiger partial charge in [0, 0.05) is 18.4 Å². The molecule has 0 aliphatic heterocycles. The first kappa shape index (κ1) is 11.4. The van der Waals surface area contributed by atoms with Crippen molar-refractivity contribution in [3.63, 3.8) is 0 Å². The number of nitrogens with zero attached hydrogens (tertiary/aromatic N) is 1. The van der Waals surface area contributed by atoms with Gasteiger partial charge in [0.1, 0.15) is 0 Å². The molecule has 1 unspecified atom stereocenters. The first-order valence-corrected chi connectivity index (χ1v) is 6.63. The van der Waals surface area contributed by atoms with E-state index >= 15 is 0 Å². The molecule has 1 aliphatic rings. The summed E-state index contributed by atoms with van der Waals surface area (Å²) in [5.41, 5.74) is 4.30. The van der Waals surface area contributed by atoms with Gasteiger partial charge in [-0.05, 0) is 48.6 Å². The van der Waals surface area contributed by atoms with Crippen molar-refractivity contribution < 1.29 is 0 Å². The highest BCUT2D eigenvalue weighted by molar-refractivity contribution is 5.34. The van der Waals surface area contributed by atoms with Crippen LogP contribution in [0.15, 0.2) is 48.8 Å². The third-order valence-corrected chi connectivity index (χ3v) is 3.66. The molecule has 0 radical (unpaired) electrons. The van der Waals surface area contributed by atoms with Crippen molar-refractivity contribution in [2.45, 2.75) is 25.3 Å². The summed E-state index contributed by atoms with van der Waals surface area (Å²) in [7, 11) is 0. The second-order valence-electron chi connectivity index (χ2n) is 4.86. The van der Waals surface area contributed by atoms with Crippen LogP contribution in [-0.4, -0.2) is 11.5 Å². The molecule has 2 aromatic rings. The Balaban J connectivity index is 1.56. The average Bonchev–Trinajstić information content (AvgIpc) is 2.84. The maximum Gasteiger partial charge on any atom is 0.0326 e. The number of nitrogens with one attached hydrogen (secondary N) is 1. The van der Waals surface area contributed by atoms with Crippen molar-refractivity contribution in [2.75, 3.05) is 6.54 Å². The van der Waals surface area contributed by atoms with Crippen molar-refractivity contribution in [3.05, 3.63) is 65.5 Å². The Morgan fingerprint density at radius 2 is 2.11 bits per heavy atom. The van der Waals surface area contributed by atoms with E-state index in [1.54, 1.807) is 0 Å². The Hall–Kier alpha value is -1.67. The van der Waals surface area contributed by atoms with E-state index in [0.29, 0.717) is 6.04 Å². The van der Waals surface area contributed by atoms with Gasteiger partial charge in [0.2, 0.25) is 0 Å². The fourth-order valence-corrected chi connectivity index (χ4v) is 2.71. The molecule has 1 aromatic heterocycles. The monoisotopic (exact) mass is 238 g/mol. The Morgan fingerprint density at radius 3 is 3.00 bits per heavy atom. The van der Waals surface area contributed by atoms with Crippen LogP contribution in [0.3, 0.4) is 0 Å². The topological polar surface area (TPSA) is 24.9 Å². The quantitative estimate of drug-likeness (QED) is 0.886. The van der Waals surface area contributed by atoms with E-state index in [1.165, 1.54) is 29.5 Å². The van der Waals surface area contributed by atoms with Gasteiger partial charge in [0.15, 0.2) is 0 Å². The minimum absolute atomic E-state index is 0.540. The normalized spacial score (nSPS) is 17.7. The third-order valence-electron chi connectivity index (χ3n) is 3.66. The van der Waals surface area contributed by atoms with E-state index in [2.05, 4.69) is 40.6 Å². The second-order valence-corrected chi connectivity index (χ2v) is 4.86. The van der Waals surface area contributed by atoms with Crippen molar-refractivity contribution in [3.8, 4) is 0 Å². The standard InChI is InChI=1S/C16H18N2/c1-2-6-15-14(5-1)7-8-16(15)18-11-9-13-4-3-10-17-12-13/h1-6,10,12,16,18H,7-9,11H2. The molecule has 1 heterocycles. The number of hydrogen-bond donors (Lipinski definition) is 1. The molecule has 0 saturated carbocycles. The van der Waals surface area contributed by atoms with Crippen LogP contribution < -0.4 is 5.32 Å². The summed E-state index contributed by atoms with van der Waals surface area (Å²) in [6, 6.07) is 13.5. The highest BCUT2D eigenvalue weighted by atomic mass is 14.9. The highest BCUT2D eigenvalue weighted by Crippen LogP contribution is 2.30. The molecule has 0 fully saturated rings. The Kier molecular flexibility index (Phi) is 3.37. The van der Waals surface area contributed by atoms with Crippen molar-refractivity contribution in [1.82, 2.24) is 10.3 Å². The third kappa shape index (κ3) is 2.44. The molecule has 2 nitrogen and oxygen atoms in total. The Morgan fingerprint density at radius 1 is 1.17 bits per heavy atom. The number of fused-ring (bicyclic) bond motifs is 1. The van der Waals surface area contributed by atoms with Crippen LogP contribution in [0, 0.1) is 0 Å². The molecule has 0 bridgehead atoms. The van der Waals surface area contributed by atoms with E-state index < -0.39 is 0 Å². The van der Waals surface area contributed by atoms with Gasteiger partial charge in [-0.1, -0.05) is 30.3 Å². The molecule has 1 aromatic carbocycles. The SMILES string of the molecule is c1cncc(CCNC2CCc3ccccc32)c1. The van der Waals surface area contributed by atoms with Crippen LogP contribution in [0.2, 0.25) is 0 Å². The first-order valence-electron chi connectivity index (χ1n) is 6.63. The van der Waals surface area contributed by atoms with Crippen molar-refractivity contribution in [1.29, 1.82) is 0 Å². The van der Waals surface area contributed by atoms with Gasteiger partial charge in [0.05, 0.1) is 0 Å². The number of rotatable bonds is 4. The lowest BCUT2D eigenvalue weighted by atomic mass is 10.1. The zero-order valence-corrected chi connectivity index (χ0v) is 10.5. The molecular weight excluding hydrogens is 220 g/mol. The van der Waals surface area contributed by atoms with Gasteiger partial charge < -0.3 is 5.32 Å². The molecule has 3 rings (SSSR count). The molecule has 18 heavy (non-hydrogen) atoms. The van der Waals surface area contributed by atoms with Crippen LogP contribution in [0.4, 0.5) is 0 Å². The van der Waals surface area contributed by atoms with Gasteiger partial charge in [-0.15, -0.1) is 0 Å². The maximum absolute atomic E-state index is 4.14. The van der Waals surface area contributed by atoms with Crippen molar-refractivity contribution in [2.24, 2.45) is 0 Å². The van der Waals surface area contributed by atoms with E-state index in [4.69, 9.17) is 0 Å². The Labute approximate surface area is 108 Å². The lowest BCUT2D eigenvalue weighted by Gasteiger charge is -2.13. The second kappa shape index (κ2) is 5.32.